The predicted molar refractivity (Wildman–Crippen MR) is 112 cm³/mol. The van der Waals surface area contributed by atoms with Gasteiger partial charge < -0.3 is 9.73 Å². The van der Waals surface area contributed by atoms with Gasteiger partial charge >= 0.3 is 0 Å². The van der Waals surface area contributed by atoms with E-state index in [1.165, 1.54) is 16.9 Å². The fraction of sp³-hybridized carbons (Fsp3) is 0.227. The fourth-order valence-electron chi connectivity index (χ4n) is 3.18. The van der Waals surface area contributed by atoms with E-state index in [0.29, 0.717) is 29.0 Å². The van der Waals surface area contributed by atoms with Gasteiger partial charge in [0.15, 0.2) is 11.7 Å². The molecule has 3 heterocycles. The van der Waals surface area contributed by atoms with E-state index in [-0.39, 0.29) is 24.6 Å². The van der Waals surface area contributed by atoms with Gasteiger partial charge in [0.2, 0.25) is 5.91 Å². The van der Waals surface area contributed by atoms with E-state index in [1.807, 2.05) is 26.8 Å². The van der Waals surface area contributed by atoms with Crippen LogP contribution in [0.5, 0.6) is 0 Å². The van der Waals surface area contributed by atoms with Crippen LogP contribution in [-0.2, 0) is 11.2 Å². The van der Waals surface area contributed by atoms with Crippen molar-refractivity contribution >= 4 is 11.7 Å². The van der Waals surface area contributed by atoms with Crippen molar-refractivity contribution < 1.29 is 13.6 Å². The molecule has 1 amide bonds. The first-order valence-electron chi connectivity index (χ1n) is 9.78. The molecule has 4 aromatic rings. The minimum Gasteiger partial charge on any atom is -0.441 e. The first kappa shape index (κ1) is 20.4. The lowest BCUT2D eigenvalue weighted by Gasteiger charge is -2.08. The number of halogens is 1. The number of aromatic nitrogens is 5. The topological polar surface area (TPSA) is 98.7 Å². The second-order valence-corrected chi connectivity index (χ2v) is 7.18. The number of amides is 1. The summed E-state index contributed by atoms with van der Waals surface area (Å²) in [5, 5.41) is 7.23. The van der Waals surface area contributed by atoms with Crippen LogP contribution >= 0.6 is 0 Å². The standard InChI is InChI=1S/C22H21FN6O2/c1-13-10-14(2)26-22(25-13)29-19(11-15(3)28-29)27-20(30)8-9-21-24-12-18(31-21)16-6-4-5-7-17(16)23/h4-7,10-12H,8-9H2,1-3H3,(H,27,30). The Morgan fingerprint density at radius 3 is 2.58 bits per heavy atom. The molecular weight excluding hydrogens is 399 g/mol. The van der Waals surface area contributed by atoms with Gasteiger partial charge in [0.1, 0.15) is 11.6 Å². The van der Waals surface area contributed by atoms with E-state index in [1.54, 1.807) is 24.3 Å². The molecule has 1 N–H and O–H groups in total. The highest BCUT2D eigenvalue weighted by molar-refractivity contribution is 5.90. The van der Waals surface area contributed by atoms with Gasteiger partial charge in [0, 0.05) is 30.3 Å². The molecule has 0 aliphatic heterocycles. The lowest BCUT2D eigenvalue weighted by Crippen LogP contribution is -2.17. The summed E-state index contributed by atoms with van der Waals surface area (Å²) in [5.41, 5.74) is 2.67. The molecule has 0 fully saturated rings. The molecule has 0 aliphatic carbocycles. The van der Waals surface area contributed by atoms with Crippen LogP contribution in [0.4, 0.5) is 10.2 Å². The predicted octanol–water partition coefficient (Wildman–Crippen LogP) is 3.95. The molecule has 0 bridgehead atoms. The van der Waals surface area contributed by atoms with Gasteiger partial charge in [-0.15, -0.1) is 0 Å². The average molecular weight is 420 g/mol. The van der Waals surface area contributed by atoms with E-state index >= 15 is 0 Å². The summed E-state index contributed by atoms with van der Waals surface area (Å²) < 4.78 is 21.0. The molecule has 0 radical (unpaired) electrons. The number of anilines is 1. The van der Waals surface area contributed by atoms with E-state index in [0.717, 1.165) is 17.1 Å². The molecule has 0 spiro atoms. The summed E-state index contributed by atoms with van der Waals surface area (Å²) in [5.74, 6) is 0.927. The molecule has 158 valence electrons. The molecule has 0 atom stereocenters. The lowest BCUT2D eigenvalue weighted by atomic mass is 10.2. The second kappa shape index (κ2) is 8.47. The number of aryl methyl sites for hydroxylation is 4. The first-order chi connectivity index (χ1) is 14.9. The molecule has 0 unspecified atom stereocenters. The quantitative estimate of drug-likeness (QED) is 0.507. The number of nitrogens with zero attached hydrogens (tertiary/aromatic N) is 5. The van der Waals surface area contributed by atoms with Crippen LogP contribution in [-0.4, -0.2) is 30.6 Å². The molecule has 4 rings (SSSR count). The number of nitrogens with one attached hydrogen (secondary N) is 1. The highest BCUT2D eigenvalue weighted by Crippen LogP contribution is 2.23. The Morgan fingerprint density at radius 1 is 1.10 bits per heavy atom. The van der Waals surface area contributed by atoms with Crippen LogP contribution in [0.1, 0.15) is 29.4 Å². The SMILES string of the molecule is Cc1cc(C)nc(-n2nc(C)cc2NC(=O)CCc2ncc(-c3ccccc3F)o2)n1. The monoisotopic (exact) mass is 420 g/mol. The maximum atomic E-state index is 13.9. The summed E-state index contributed by atoms with van der Waals surface area (Å²) in [6, 6.07) is 9.92. The van der Waals surface area contributed by atoms with E-state index in [4.69, 9.17) is 4.42 Å². The largest absolute Gasteiger partial charge is 0.441 e. The van der Waals surface area contributed by atoms with Crippen molar-refractivity contribution in [1.29, 1.82) is 0 Å². The molecule has 0 saturated carbocycles. The van der Waals surface area contributed by atoms with Gasteiger partial charge in [0.05, 0.1) is 17.5 Å². The summed E-state index contributed by atoms with van der Waals surface area (Å²) >= 11 is 0. The molecule has 0 saturated heterocycles. The number of carbonyl (C=O) groups excluding carboxylic acids is 1. The Labute approximate surface area is 178 Å². The van der Waals surface area contributed by atoms with Crippen molar-refractivity contribution in [3.63, 3.8) is 0 Å². The van der Waals surface area contributed by atoms with Gasteiger partial charge in [0.25, 0.3) is 5.95 Å². The molecule has 8 nitrogen and oxygen atoms in total. The van der Waals surface area contributed by atoms with Crippen molar-refractivity contribution in [2.24, 2.45) is 0 Å². The summed E-state index contributed by atoms with van der Waals surface area (Å²) in [6.07, 6.45) is 1.87. The zero-order chi connectivity index (χ0) is 22.0. The van der Waals surface area contributed by atoms with Crippen LogP contribution in [0, 0.1) is 26.6 Å². The number of oxazole rings is 1. The first-order valence-corrected chi connectivity index (χ1v) is 9.78. The van der Waals surface area contributed by atoms with E-state index in [9.17, 15) is 9.18 Å². The van der Waals surface area contributed by atoms with E-state index < -0.39 is 0 Å². The van der Waals surface area contributed by atoms with Crippen LogP contribution < -0.4 is 5.32 Å². The van der Waals surface area contributed by atoms with E-state index in [2.05, 4.69) is 25.4 Å². The fourth-order valence-corrected chi connectivity index (χ4v) is 3.18. The zero-order valence-corrected chi connectivity index (χ0v) is 17.4. The summed E-state index contributed by atoms with van der Waals surface area (Å²) in [4.78, 5) is 25.5. The Kier molecular flexibility index (Phi) is 5.57. The number of benzene rings is 1. The van der Waals surface area contributed by atoms with Crippen molar-refractivity contribution in [2.45, 2.75) is 33.6 Å². The van der Waals surface area contributed by atoms with Crippen molar-refractivity contribution in [3.05, 3.63) is 71.4 Å². The average Bonchev–Trinajstić information content (AvgIpc) is 3.32. The third-order valence-electron chi connectivity index (χ3n) is 4.52. The highest BCUT2D eigenvalue weighted by atomic mass is 19.1. The van der Waals surface area contributed by atoms with Crippen molar-refractivity contribution in [1.82, 2.24) is 24.7 Å². The molecule has 3 aromatic heterocycles. The maximum absolute atomic E-state index is 13.9. The van der Waals surface area contributed by atoms with Crippen LogP contribution in [0.2, 0.25) is 0 Å². The smallest absolute Gasteiger partial charge is 0.252 e. The zero-order valence-electron chi connectivity index (χ0n) is 17.4. The Balaban J connectivity index is 1.44. The van der Waals surface area contributed by atoms with Gasteiger partial charge in [-0.05, 0) is 39.0 Å². The third kappa shape index (κ3) is 4.66. The Bertz CT molecular complexity index is 1230. The minimum atomic E-state index is -0.389. The number of rotatable bonds is 6. The summed E-state index contributed by atoms with van der Waals surface area (Å²) in [6.45, 7) is 5.57. The van der Waals surface area contributed by atoms with Gasteiger partial charge in [-0.25, -0.2) is 19.3 Å². The number of carbonyl (C=O) groups is 1. The summed E-state index contributed by atoms with van der Waals surface area (Å²) in [7, 11) is 0. The van der Waals surface area contributed by atoms with Gasteiger partial charge in [-0.1, -0.05) is 12.1 Å². The molecule has 9 heteroatoms. The molecular formula is C22H21FN6O2. The minimum absolute atomic E-state index is 0.134. The van der Waals surface area contributed by atoms with Crippen LogP contribution in [0.15, 0.2) is 47.0 Å². The molecule has 0 aliphatic rings. The van der Waals surface area contributed by atoms with Crippen molar-refractivity contribution in [2.75, 3.05) is 5.32 Å². The molecule has 1 aromatic carbocycles. The van der Waals surface area contributed by atoms with Crippen LogP contribution in [0.3, 0.4) is 0 Å². The molecule has 31 heavy (non-hydrogen) atoms. The van der Waals surface area contributed by atoms with Crippen molar-refractivity contribution in [3.8, 4) is 17.3 Å². The second-order valence-electron chi connectivity index (χ2n) is 7.18. The Hall–Kier alpha value is -3.88. The third-order valence-corrected chi connectivity index (χ3v) is 4.52. The maximum Gasteiger partial charge on any atom is 0.252 e. The Morgan fingerprint density at radius 2 is 1.84 bits per heavy atom. The number of hydrogen-bond acceptors (Lipinski definition) is 6. The highest BCUT2D eigenvalue weighted by Gasteiger charge is 2.15. The normalized spacial score (nSPS) is 11.0. The van der Waals surface area contributed by atoms with Gasteiger partial charge in [-0.3, -0.25) is 4.79 Å². The number of hydrogen-bond donors (Lipinski definition) is 1. The van der Waals surface area contributed by atoms with Gasteiger partial charge in [-0.2, -0.15) is 9.78 Å². The van der Waals surface area contributed by atoms with Crippen LogP contribution in [0.25, 0.3) is 17.3 Å². The lowest BCUT2D eigenvalue weighted by molar-refractivity contribution is -0.116.